The Morgan fingerprint density at radius 3 is 2.45 bits per heavy atom. The second-order valence-electron chi connectivity index (χ2n) is 9.12. The molecule has 0 saturated heterocycles. The molecule has 4 atom stereocenters. The standard InChI is InChI=1S/C20H36O2/c1-15(10-14-21)7-8-17-19(4)12-6-11-18(2,3)16(19)9-13-20(17,5)22/h10,16-17,21-22H,6-9,11-14H2,1-5H3/b15-10-/t16?,17-,19+,20-/m0/s1. The maximum Gasteiger partial charge on any atom is 0.0653 e. The third kappa shape index (κ3) is 3.28. The first-order valence-corrected chi connectivity index (χ1v) is 9.12. The molecular formula is C20H36O2. The maximum atomic E-state index is 11.1. The zero-order valence-electron chi connectivity index (χ0n) is 15.3. The number of aliphatic hydroxyl groups excluding tert-OH is 1. The molecule has 1 unspecified atom stereocenters. The largest absolute Gasteiger partial charge is 0.392 e. The minimum absolute atomic E-state index is 0.125. The number of allylic oxidation sites excluding steroid dienone is 1. The van der Waals surface area contributed by atoms with Crippen LogP contribution in [0.2, 0.25) is 0 Å². The first kappa shape index (κ1) is 18.0. The van der Waals surface area contributed by atoms with Crippen LogP contribution in [0.3, 0.4) is 0 Å². The van der Waals surface area contributed by atoms with Crippen molar-refractivity contribution in [2.75, 3.05) is 6.61 Å². The smallest absolute Gasteiger partial charge is 0.0653 e. The molecule has 2 nitrogen and oxygen atoms in total. The quantitative estimate of drug-likeness (QED) is 0.739. The summed E-state index contributed by atoms with van der Waals surface area (Å²) in [4.78, 5) is 0. The molecule has 0 aromatic heterocycles. The summed E-state index contributed by atoms with van der Waals surface area (Å²) in [5.74, 6) is 1.08. The lowest BCUT2D eigenvalue weighted by Gasteiger charge is -2.61. The minimum Gasteiger partial charge on any atom is -0.392 e. The van der Waals surface area contributed by atoms with E-state index in [-0.39, 0.29) is 12.0 Å². The highest BCUT2D eigenvalue weighted by Crippen LogP contribution is 2.62. The van der Waals surface area contributed by atoms with E-state index < -0.39 is 5.60 Å². The van der Waals surface area contributed by atoms with Gasteiger partial charge in [-0.2, -0.15) is 0 Å². The van der Waals surface area contributed by atoms with Crippen molar-refractivity contribution in [3.8, 4) is 0 Å². The molecule has 2 aliphatic carbocycles. The van der Waals surface area contributed by atoms with E-state index in [1.807, 2.05) is 6.08 Å². The summed E-state index contributed by atoms with van der Waals surface area (Å²) in [6, 6.07) is 0. The molecule has 0 bridgehead atoms. The minimum atomic E-state index is -0.543. The summed E-state index contributed by atoms with van der Waals surface area (Å²) in [5, 5.41) is 20.1. The van der Waals surface area contributed by atoms with Gasteiger partial charge in [-0.15, -0.1) is 0 Å². The highest BCUT2D eigenvalue weighted by atomic mass is 16.3. The molecular weight excluding hydrogens is 272 g/mol. The van der Waals surface area contributed by atoms with Gasteiger partial charge in [0.2, 0.25) is 0 Å². The van der Waals surface area contributed by atoms with Gasteiger partial charge >= 0.3 is 0 Å². The Balaban J connectivity index is 2.24. The van der Waals surface area contributed by atoms with Crippen LogP contribution in [0, 0.1) is 22.7 Å². The Labute approximate surface area is 137 Å². The number of hydrogen-bond donors (Lipinski definition) is 2. The molecule has 0 spiro atoms. The van der Waals surface area contributed by atoms with Crippen molar-refractivity contribution >= 4 is 0 Å². The third-order valence-electron chi connectivity index (χ3n) is 7.03. The predicted octanol–water partition coefficient (Wildman–Crippen LogP) is 4.70. The van der Waals surface area contributed by atoms with Gasteiger partial charge in [0, 0.05) is 0 Å². The average Bonchev–Trinajstić information content (AvgIpc) is 2.36. The molecule has 2 rings (SSSR count). The summed E-state index contributed by atoms with van der Waals surface area (Å²) in [5.41, 5.74) is 1.36. The van der Waals surface area contributed by atoms with Crippen LogP contribution < -0.4 is 0 Å². The maximum absolute atomic E-state index is 11.1. The SMILES string of the molecule is C/C(=C/CO)CC[C@@H]1[C@@](C)(O)CCC2C(C)(C)CCC[C@]21C. The Morgan fingerprint density at radius 2 is 1.82 bits per heavy atom. The summed E-state index contributed by atoms with van der Waals surface area (Å²) in [6.07, 6.45) is 9.90. The summed E-state index contributed by atoms with van der Waals surface area (Å²) >= 11 is 0. The van der Waals surface area contributed by atoms with Gasteiger partial charge in [0.1, 0.15) is 0 Å². The van der Waals surface area contributed by atoms with Crippen LogP contribution in [-0.2, 0) is 0 Å². The van der Waals surface area contributed by atoms with Crippen LogP contribution in [0.5, 0.6) is 0 Å². The molecule has 2 N–H and O–H groups in total. The zero-order valence-corrected chi connectivity index (χ0v) is 15.3. The van der Waals surface area contributed by atoms with Crippen molar-refractivity contribution in [2.45, 2.75) is 85.2 Å². The molecule has 22 heavy (non-hydrogen) atoms. The monoisotopic (exact) mass is 308 g/mol. The first-order valence-electron chi connectivity index (χ1n) is 9.12. The van der Waals surface area contributed by atoms with Crippen LogP contribution in [0.25, 0.3) is 0 Å². The lowest BCUT2D eigenvalue weighted by Crippen LogP contribution is -2.57. The Morgan fingerprint density at radius 1 is 1.14 bits per heavy atom. The van der Waals surface area contributed by atoms with E-state index in [0.717, 1.165) is 25.2 Å². The van der Waals surface area contributed by atoms with Crippen LogP contribution in [0.4, 0.5) is 0 Å². The van der Waals surface area contributed by atoms with E-state index in [4.69, 9.17) is 5.11 Å². The van der Waals surface area contributed by atoms with Gasteiger partial charge in [-0.1, -0.05) is 38.8 Å². The third-order valence-corrected chi connectivity index (χ3v) is 7.03. The molecule has 0 radical (unpaired) electrons. The molecule has 0 aliphatic heterocycles. The molecule has 0 aromatic rings. The molecule has 128 valence electrons. The van der Waals surface area contributed by atoms with Crippen LogP contribution in [0.1, 0.15) is 79.6 Å². The van der Waals surface area contributed by atoms with Crippen LogP contribution in [-0.4, -0.2) is 22.4 Å². The Bertz CT molecular complexity index is 421. The second-order valence-corrected chi connectivity index (χ2v) is 9.12. The predicted molar refractivity (Wildman–Crippen MR) is 92.7 cm³/mol. The van der Waals surface area contributed by atoms with Crippen molar-refractivity contribution in [3.05, 3.63) is 11.6 Å². The molecule has 0 aromatic carbocycles. The van der Waals surface area contributed by atoms with Gasteiger partial charge in [0.05, 0.1) is 12.2 Å². The molecule has 2 aliphatic rings. The number of fused-ring (bicyclic) bond motifs is 1. The highest BCUT2D eigenvalue weighted by Gasteiger charge is 2.57. The number of hydrogen-bond acceptors (Lipinski definition) is 2. The molecule has 2 fully saturated rings. The van der Waals surface area contributed by atoms with Crippen molar-refractivity contribution in [1.82, 2.24) is 0 Å². The number of rotatable bonds is 4. The van der Waals surface area contributed by atoms with Crippen molar-refractivity contribution < 1.29 is 10.2 Å². The van der Waals surface area contributed by atoms with Gasteiger partial charge in [-0.25, -0.2) is 0 Å². The number of aliphatic hydroxyl groups is 2. The summed E-state index contributed by atoms with van der Waals surface area (Å²) in [7, 11) is 0. The van der Waals surface area contributed by atoms with Gasteiger partial charge in [0.25, 0.3) is 0 Å². The first-order chi connectivity index (χ1) is 10.1. The van der Waals surface area contributed by atoms with Crippen LogP contribution in [0.15, 0.2) is 11.6 Å². The zero-order chi connectivity index (χ0) is 16.6. The fourth-order valence-electron chi connectivity index (χ4n) is 5.90. The van der Waals surface area contributed by atoms with Gasteiger partial charge < -0.3 is 10.2 Å². The van der Waals surface area contributed by atoms with Crippen molar-refractivity contribution in [1.29, 1.82) is 0 Å². The van der Waals surface area contributed by atoms with E-state index in [0.29, 0.717) is 11.3 Å². The lowest BCUT2D eigenvalue weighted by molar-refractivity contribution is -0.168. The molecule has 2 heteroatoms. The average molecular weight is 309 g/mol. The van der Waals surface area contributed by atoms with E-state index >= 15 is 0 Å². The van der Waals surface area contributed by atoms with Gasteiger partial charge in [-0.05, 0) is 75.0 Å². The van der Waals surface area contributed by atoms with E-state index in [2.05, 4.69) is 34.6 Å². The molecule has 0 amide bonds. The second kappa shape index (κ2) is 6.28. The van der Waals surface area contributed by atoms with E-state index in [1.165, 1.54) is 31.3 Å². The van der Waals surface area contributed by atoms with E-state index in [1.54, 1.807) is 0 Å². The van der Waals surface area contributed by atoms with Gasteiger partial charge in [-0.3, -0.25) is 0 Å². The fourth-order valence-corrected chi connectivity index (χ4v) is 5.90. The fraction of sp³-hybridized carbons (Fsp3) is 0.900. The molecule has 2 saturated carbocycles. The lowest BCUT2D eigenvalue weighted by atomic mass is 9.45. The van der Waals surface area contributed by atoms with Crippen LogP contribution >= 0.6 is 0 Å². The van der Waals surface area contributed by atoms with E-state index in [9.17, 15) is 5.11 Å². The van der Waals surface area contributed by atoms with Crippen molar-refractivity contribution in [3.63, 3.8) is 0 Å². The Kier molecular flexibility index (Phi) is 5.14. The normalized spacial score (nSPS) is 42.0. The highest BCUT2D eigenvalue weighted by molar-refractivity contribution is 5.09. The summed E-state index contributed by atoms with van der Waals surface area (Å²) in [6.45, 7) is 11.6. The molecule has 0 heterocycles. The summed E-state index contributed by atoms with van der Waals surface area (Å²) < 4.78 is 0. The van der Waals surface area contributed by atoms with Crippen molar-refractivity contribution in [2.24, 2.45) is 22.7 Å². The Hall–Kier alpha value is -0.340. The topological polar surface area (TPSA) is 40.5 Å². The van der Waals surface area contributed by atoms with Gasteiger partial charge in [0.15, 0.2) is 0 Å².